The Morgan fingerprint density at radius 3 is 2.55 bits per heavy atom. The van der Waals surface area contributed by atoms with E-state index < -0.39 is 0 Å². The van der Waals surface area contributed by atoms with Gasteiger partial charge in [0.2, 0.25) is 0 Å². The first-order valence-corrected chi connectivity index (χ1v) is 10.8. The van der Waals surface area contributed by atoms with Crippen LogP contribution in [0.15, 0.2) is 94.7 Å². The van der Waals surface area contributed by atoms with Crippen molar-refractivity contribution in [3.05, 3.63) is 94.7 Å². The van der Waals surface area contributed by atoms with Gasteiger partial charge in [-0.25, -0.2) is 0 Å². The highest BCUT2D eigenvalue weighted by molar-refractivity contribution is 5.44. The molecule has 1 aliphatic heterocycles. The monoisotopic (exact) mass is 419 g/mol. The van der Waals surface area contributed by atoms with E-state index in [4.69, 9.17) is 14.2 Å². The van der Waals surface area contributed by atoms with E-state index in [1.54, 1.807) is 14.2 Å². The van der Waals surface area contributed by atoms with Crippen LogP contribution in [-0.2, 0) is 9.47 Å². The van der Waals surface area contributed by atoms with Gasteiger partial charge in [-0.1, -0.05) is 35.9 Å². The number of likely N-dealkylation sites (tertiary alicyclic amines) is 1. The highest BCUT2D eigenvalue weighted by atomic mass is 16.5. The largest absolute Gasteiger partial charge is 0.493 e. The third-order valence-electron chi connectivity index (χ3n) is 5.80. The number of nitrogens with zero attached hydrogens (tertiary/aromatic N) is 1. The molecule has 0 aromatic heterocycles. The Bertz CT molecular complexity index is 946. The van der Waals surface area contributed by atoms with Crippen LogP contribution in [0.5, 0.6) is 5.75 Å². The first-order chi connectivity index (χ1) is 15.0. The molecule has 0 saturated carbocycles. The number of hydrogen-bond acceptors (Lipinski definition) is 4. The van der Waals surface area contributed by atoms with Crippen LogP contribution in [0.4, 0.5) is 0 Å². The van der Waals surface area contributed by atoms with Crippen molar-refractivity contribution in [2.75, 3.05) is 27.3 Å². The zero-order chi connectivity index (χ0) is 22.2. The van der Waals surface area contributed by atoms with E-state index >= 15 is 0 Å². The van der Waals surface area contributed by atoms with E-state index in [1.165, 1.54) is 16.7 Å². The molecular formula is C27H33NO3. The van der Waals surface area contributed by atoms with Gasteiger partial charge in [0, 0.05) is 30.8 Å². The molecule has 1 aromatic carbocycles. The van der Waals surface area contributed by atoms with Gasteiger partial charge in [-0.3, -0.25) is 4.90 Å². The number of piperidine rings is 1. The molecule has 1 aliphatic carbocycles. The lowest BCUT2D eigenvalue weighted by Crippen LogP contribution is -2.39. The molecule has 2 aliphatic rings. The first kappa shape index (κ1) is 22.7. The smallest absolute Gasteiger partial charge is 0.168 e. The van der Waals surface area contributed by atoms with E-state index in [-0.39, 0.29) is 6.10 Å². The summed E-state index contributed by atoms with van der Waals surface area (Å²) in [7, 11) is 3.33. The summed E-state index contributed by atoms with van der Waals surface area (Å²) in [5.74, 6) is 2.36. The molecule has 0 N–H and O–H groups in total. The van der Waals surface area contributed by atoms with Gasteiger partial charge >= 0.3 is 0 Å². The highest BCUT2D eigenvalue weighted by Crippen LogP contribution is 2.29. The van der Waals surface area contributed by atoms with Crippen molar-refractivity contribution in [2.45, 2.75) is 39.3 Å². The molecule has 2 atom stereocenters. The summed E-state index contributed by atoms with van der Waals surface area (Å²) in [6.07, 6.45) is 11.3. The van der Waals surface area contributed by atoms with Crippen LogP contribution >= 0.6 is 0 Å². The summed E-state index contributed by atoms with van der Waals surface area (Å²) in [6.45, 7) is 8.36. The van der Waals surface area contributed by atoms with E-state index in [0.717, 1.165) is 31.0 Å². The van der Waals surface area contributed by atoms with Crippen molar-refractivity contribution in [2.24, 2.45) is 0 Å². The van der Waals surface area contributed by atoms with Gasteiger partial charge in [-0.2, -0.15) is 0 Å². The summed E-state index contributed by atoms with van der Waals surface area (Å²) in [6, 6.07) is 10.2. The van der Waals surface area contributed by atoms with Crippen LogP contribution in [-0.4, -0.2) is 44.4 Å². The maximum Gasteiger partial charge on any atom is 0.168 e. The number of methoxy groups -OCH3 is 2. The number of fused-ring (bicyclic) bond motifs is 1. The molecule has 4 heteroatoms. The predicted octanol–water partition coefficient (Wildman–Crippen LogP) is 5.58. The molecule has 0 spiro atoms. The van der Waals surface area contributed by atoms with Crippen LogP contribution in [0.2, 0.25) is 0 Å². The van der Waals surface area contributed by atoms with Gasteiger partial charge in [0.1, 0.15) is 11.9 Å². The van der Waals surface area contributed by atoms with Crippen molar-refractivity contribution >= 4 is 0 Å². The predicted molar refractivity (Wildman–Crippen MR) is 126 cm³/mol. The van der Waals surface area contributed by atoms with Crippen molar-refractivity contribution in [1.82, 2.24) is 4.90 Å². The molecule has 31 heavy (non-hydrogen) atoms. The lowest BCUT2D eigenvalue weighted by atomic mass is 9.95. The fourth-order valence-electron chi connectivity index (χ4n) is 3.74. The summed E-state index contributed by atoms with van der Waals surface area (Å²) in [4.78, 5) is 2.49. The maximum atomic E-state index is 5.91. The second-order valence-corrected chi connectivity index (χ2v) is 7.90. The minimum Gasteiger partial charge on any atom is -0.493 e. The summed E-state index contributed by atoms with van der Waals surface area (Å²) in [5, 5.41) is 0. The van der Waals surface area contributed by atoms with Crippen LogP contribution in [0, 0.1) is 0 Å². The molecule has 2 unspecified atom stereocenters. The molecule has 0 radical (unpaired) electrons. The molecule has 0 bridgehead atoms. The standard InChI is InChI=1S/C27H33NO3/c1-20(10-9-11-21(2)31-25-12-7-6-8-13-25)22(3)28-17-16-23-18-27(30-5)26(29-4)15-14-24(23)19-28/h6-13,15,18,21-22H,16-17,19H2,1-5H3/b11-9-,20-10+. The number of allylic oxidation sites excluding steroid dienone is 4. The molecule has 164 valence electrons. The van der Waals surface area contributed by atoms with E-state index in [1.807, 2.05) is 36.4 Å². The first-order valence-electron chi connectivity index (χ1n) is 10.8. The summed E-state index contributed by atoms with van der Waals surface area (Å²) < 4.78 is 16.8. The van der Waals surface area contributed by atoms with Crippen molar-refractivity contribution < 1.29 is 14.2 Å². The normalized spacial score (nSPS) is 19.3. The van der Waals surface area contributed by atoms with Gasteiger partial charge in [-0.05, 0) is 57.0 Å². The van der Waals surface area contributed by atoms with Crippen LogP contribution in [0.1, 0.15) is 27.2 Å². The average molecular weight is 420 g/mol. The van der Waals surface area contributed by atoms with Gasteiger partial charge in [-0.15, -0.1) is 5.73 Å². The van der Waals surface area contributed by atoms with Crippen LogP contribution in [0.3, 0.4) is 0 Å². The van der Waals surface area contributed by atoms with Crippen molar-refractivity contribution in [1.29, 1.82) is 0 Å². The van der Waals surface area contributed by atoms with Gasteiger partial charge < -0.3 is 14.2 Å². The fourth-order valence-corrected chi connectivity index (χ4v) is 3.74. The van der Waals surface area contributed by atoms with E-state index in [9.17, 15) is 0 Å². The van der Waals surface area contributed by atoms with Gasteiger partial charge in [0.15, 0.2) is 11.5 Å². The average Bonchev–Trinajstić information content (AvgIpc) is 2.97. The Labute approximate surface area is 186 Å². The van der Waals surface area contributed by atoms with Gasteiger partial charge in [0.25, 0.3) is 0 Å². The van der Waals surface area contributed by atoms with E-state index in [2.05, 4.69) is 55.7 Å². The third kappa shape index (κ3) is 6.04. The number of para-hydroxylation sites is 1. The Hall–Kier alpha value is -2.94. The summed E-state index contributed by atoms with van der Waals surface area (Å²) >= 11 is 0. The topological polar surface area (TPSA) is 30.9 Å². The number of benzene rings is 1. The lowest BCUT2D eigenvalue weighted by Gasteiger charge is -2.35. The highest BCUT2D eigenvalue weighted by Gasteiger charge is 2.24. The molecule has 1 saturated heterocycles. The minimum absolute atomic E-state index is 0.0168. The Balaban J connectivity index is 1.62. The number of ether oxygens (including phenoxy) is 3. The van der Waals surface area contributed by atoms with Gasteiger partial charge in [0.05, 0.1) is 14.2 Å². The minimum atomic E-state index is 0.0168. The molecular weight excluding hydrogens is 386 g/mol. The second-order valence-electron chi connectivity index (χ2n) is 7.90. The summed E-state index contributed by atoms with van der Waals surface area (Å²) in [5.41, 5.74) is 7.22. The SMILES string of the molecule is COC1=C(OC)C=C2CCN(C(C)/C(C)=C/C=C\C(C)Oc3ccccc3)CC2=C=C1. The fraction of sp³-hybridized carbons (Fsp3) is 0.370. The zero-order valence-corrected chi connectivity index (χ0v) is 19.2. The molecule has 1 aromatic rings. The van der Waals surface area contributed by atoms with Crippen molar-refractivity contribution in [3.8, 4) is 5.75 Å². The Kier molecular flexibility index (Phi) is 8.00. The van der Waals surface area contributed by atoms with Crippen molar-refractivity contribution in [3.63, 3.8) is 0 Å². The lowest BCUT2D eigenvalue weighted by molar-refractivity contribution is 0.237. The van der Waals surface area contributed by atoms with E-state index in [0.29, 0.717) is 11.8 Å². The zero-order valence-electron chi connectivity index (χ0n) is 19.2. The number of rotatable bonds is 8. The Morgan fingerprint density at radius 1 is 1.10 bits per heavy atom. The molecule has 1 heterocycles. The molecule has 4 nitrogen and oxygen atoms in total. The quantitative estimate of drug-likeness (QED) is 0.407. The van der Waals surface area contributed by atoms with Crippen LogP contribution < -0.4 is 4.74 Å². The maximum absolute atomic E-state index is 5.91. The molecule has 0 amide bonds. The van der Waals surface area contributed by atoms with Crippen LogP contribution in [0.25, 0.3) is 0 Å². The molecule has 1 fully saturated rings. The third-order valence-corrected chi connectivity index (χ3v) is 5.80. The Morgan fingerprint density at radius 2 is 1.84 bits per heavy atom. The molecule has 3 rings (SSSR count). The second kappa shape index (κ2) is 10.9. The number of hydrogen-bond donors (Lipinski definition) is 0.